The highest BCUT2D eigenvalue weighted by Crippen LogP contribution is 2.32. The maximum atomic E-state index is 13.5. The molecule has 2 N–H and O–H groups in total. The maximum Gasteiger partial charge on any atom is 0.235 e. The number of carbonyl (C=O) groups excluding carboxylic acids is 1. The number of hydrogen-bond acceptors (Lipinski definition) is 4. The van der Waals surface area contributed by atoms with Crippen LogP contribution in [0.3, 0.4) is 0 Å². The molecular weight excluding hydrogens is 321 g/mol. The summed E-state index contributed by atoms with van der Waals surface area (Å²) in [6, 6.07) is 8.37. The molecule has 6 heteroatoms. The molecule has 2 fully saturated rings. The minimum absolute atomic E-state index is 0.0989. The van der Waals surface area contributed by atoms with E-state index in [9.17, 15) is 19.6 Å². The van der Waals surface area contributed by atoms with E-state index in [0.29, 0.717) is 25.8 Å². The number of aliphatic hydroxyl groups excluding tert-OH is 1. The zero-order chi connectivity index (χ0) is 17.9. The fraction of sp³-hybridized carbons (Fsp3) is 0.579. The van der Waals surface area contributed by atoms with Crippen molar-refractivity contribution in [2.24, 2.45) is 0 Å². The van der Waals surface area contributed by atoms with Crippen LogP contribution in [0.4, 0.5) is 4.39 Å². The van der Waals surface area contributed by atoms with Gasteiger partial charge in [0.1, 0.15) is 11.4 Å². The topological polar surface area (TPSA) is 76.4 Å². The lowest BCUT2D eigenvalue weighted by Gasteiger charge is -2.33. The van der Waals surface area contributed by atoms with E-state index in [-0.39, 0.29) is 24.3 Å². The Morgan fingerprint density at radius 1 is 1.40 bits per heavy atom. The van der Waals surface area contributed by atoms with Crippen LogP contribution in [-0.4, -0.2) is 40.6 Å². The molecular formula is C19H24FN3O2. The number of halogens is 1. The van der Waals surface area contributed by atoms with Gasteiger partial charge in [-0.15, -0.1) is 0 Å². The van der Waals surface area contributed by atoms with Gasteiger partial charge in [0, 0.05) is 12.6 Å². The summed E-state index contributed by atoms with van der Waals surface area (Å²) in [5.74, 6) is -0.534. The first-order chi connectivity index (χ1) is 12.0. The van der Waals surface area contributed by atoms with Crippen LogP contribution in [0, 0.1) is 17.1 Å². The van der Waals surface area contributed by atoms with Gasteiger partial charge in [-0.2, -0.15) is 5.26 Å². The molecule has 2 atom stereocenters. The smallest absolute Gasteiger partial charge is 0.235 e. The van der Waals surface area contributed by atoms with Gasteiger partial charge in [0.05, 0.1) is 18.7 Å². The third-order valence-electron chi connectivity index (χ3n) is 5.26. The van der Waals surface area contributed by atoms with Crippen LogP contribution in [0.25, 0.3) is 0 Å². The zero-order valence-corrected chi connectivity index (χ0v) is 14.2. The Hall–Kier alpha value is -1.97. The maximum absolute atomic E-state index is 13.5. The molecule has 0 radical (unpaired) electrons. The quantitative estimate of drug-likeness (QED) is 0.878. The molecule has 1 heterocycles. The lowest BCUT2D eigenvalue weighted by Crippen LogP contribution is -2.51. The van der Waals surface area contributed by atoms with Crippen molar-refractivity contribution in [1.82, 2.24) is 10.2 Å². The summed E-state index contributed by atoms with van der Waals surface area (Å²) in [4.78, 5) is 14.4. The highest BCUT2D eigenvalue weighted by atomic mass is 19.1. The Morgan fingerprint density at radius 2 is 2.16 bits per heavy atom. The van der Waals surface area contributed by atoms with E-state index in [1.54, 1.807) is 6.07 Å². The van der Waals surface area contributed by atoms with Gasteiger partial charge in [0.2, 0.25) is 5.91 Å². The number of β-amino-alcohol motifs (C(OH)–C–C–N with tert-alkyl or cyclic N) is 1. The lowest BCUT2D eigenvalue weighted by atomic mass is 9.83. The highest BCUT2D eigenvalue weighted by Gasteiger charge is 2.37. The van der Waals surface area contributed by atoms with E-state index in [2.05, 4.69) is 11.4 Å². The van der Waals surface area contributed by atoms with Crippen molar-refractivity contribution in [1.29, 1.82) is 5.26 Å². The molecule has 0 bridgehead atoms. The standard InChI is InChI=1S/C19H24FN3O2/c20-15-6-4-5-14(9-15)17-10-16(24)11-23(17)12-18(25)22-19(13-21)7-2-1-3-8-19/h4-6,9,16-17,24H,1-3,7-8,10-12H2,(H,22,25). The molecule has 1 saturated carbocycles. The summed E-state index contributed by atoms with van der Waals surface area (Å²) in [5, 5.41) is 22.4. The van der Waals surface area contributed by atoms with E-state index in [1.165, 1.54) is 12.1 Å². The van der Waals surface area contributed by atoms with Crippen molar-refractivity contribution in [3.8, 4) is 6.07 Å². The van der Waals surface area contributed by atoms with E-state index in [0.717, 1.165) is 24.8 Å². The van der Waals surface area contributed by atoms with Gasteiger partial charge in [-0.25, -0.2) is 4.39 Å². The summed E-state index contributed by atoms with van der Waals surface area (Å²) in [7, 11) is 0. The highest BCUT2D eigenvalue weighted by molar-refractivity contribution is 5.79. The van der Waals surface area contributed by atoms with Crippen LogP contribution in [0.1, 0.15) is 50.1 Å². The van der Waals surface area contributed by atoms with Gasteiger partial charge in [0.15, 0.2) is 0 Å². The fourth-order valence-electron chi connectivity index (χ4n) is 4.03. The van der Waals surface area contributed by atoms with Gasteiger partial charge in [-0.1, -0.05) is 31.4 Å². The van der Waals surface area contributed by atoms with Crippen LogP contribution in [-0.2, 0) is 4.79 Å². The average Bonchev–Trinajstić information content (AvgIpc) is 2.96. The number of likely N-dealkylation sites (tertiary alicyclic amines) is 1. The molecule has 25 heavy (non-hydrogen) atoms. The molecule has 5 nitrogen and oxygen atoms in total. The van der Waals surface area contributed by atoms with E-state index in [1.807, 2.05) is 11.0 Å². The van der Waals surface area contributed by atoms with Crippen molar-refractivity contribution in [2.75, 3.05) is 13.1 Å². The molecule has 1 aromatic rings. The van der Waals surface area contributed by atoms with Crippen LogP contribution in [0.2, 0.25) is 0 Å². The van der Waals surface area contributed by atoms with E-state index in [4.69, 9.17) is 0 Å². The monoisotopic (exact) mass is 345 g/mol. The van der Waals surface area contributed by atoms with Crippen LogP contribution < -0.4 is 5.32 Å². The number of aliphatic hydroxyl groups is 1. The minimum atomic E-state index is -0.762. The van der Waals surface area contributed by atoms with Gasteiger partial charge in [-0.05, 0) is 37.0 Å². The Morgan fingerprint density at radius 3 is 2.84 bits per heavy atom. The molecule has 1 aromatic carbocycles. The third-order valence-corrected chi connectivity index (χ3v) is 5.26. The van der Waals surface area contributed by atoms with Crippen molar-refractivity contribution in [2.45, 2.75) is 56.2 Å². The lowest BCUT2D eigenvalue weighted by molar-refractivity contribution is -0.124. The SMILES string of the molecule is N#CC1(NC(=O)CN2CC(O)CC2c2cccc(F)c2)CCCCC1. The molecule has 134 valence electrons. The van der Waals surface area contributed by atoms with Crippen molar-refractivity contribution in [3.63, 3.8) is 0 Å². The second-order valence-electron chi connectivity index (χ2n) is 7.19. The molecule has 0 aromatic heterocycles. The van der Waals surface area contributed by atoms with Crippen LogP contribution >= 0.6 is 0 Å². The molecule has 3 rings (SSSR count). The molecule has 1 saturated heterocycles. The average molecular weight is 345 g/mol. The van der Waals surface area contributed by atoms with E-state index >= 15 is 0 Å². The normalized spacial score (nSPS) is 26.1. The number of nitrogens with zero attached hydrogens (tertiary/aromatic N) is 2. The number of nitrogens with one attached hydrogen (secondary N) is 1. The molecule has 1 aliphatic carbocycles. The number of amides is 1. The predicted octanol–water partition coefficient (Wildman–Crippen LogP) is 2.28. The van der Waals surface area contributed by atoms with Crippen LogP contribution in [0.5, 0.6) is 0 Å². The summed E-state index contributed by atoms with van der Waals surface area (Å²) >= 11 is 0. The second-order valence-corrected chi connectivity index (χ2v) is 7.19. The second kappa shape index (κ2) is 7.51. The molecule has 2 unspecified atom stereocenters. The first-order valence-corrected chi connectivity index (χ1v) is 8.91. The van der Waals surface area contributed by atoms with Crippen molar-refractivity contribution >= 4 is 5.91 Å². The summed E-state index contributed by atoms with van der Waals surface area (Å²) in [5.41, 5.74) is -0.000757. The largest absolute Gasteiger partial charge is 0.392 e. The number of nitriles is 1. The number of carbonyl (C=O) groups is 1. The first-order valence-electron chi connectivity index (χ1n) is 8.91. The minimum Gasteiger partial charge on any atom is -0.392 e. The number of rotatable bonds is 4. The molecule has 0 spiro atoms. The summed E-state index contributed by atoms with van der Waals surface area (Å²) in [6.45, 7) is 0.468. The Bertz CT molecular complexity index is 667. The van der Waals surface area contributed by atoms with Gasteiger partial charge in [-0.3, -0.25) is 9.69 Å². The predicted molar refractivity (Wildman–Crippen MR) is 90.9 cm³/mol. The zero-order valence-electron chi connectivity index (χ0n) is 14.2. The summed E-state index contributed by atoms with van der Waals surface area (Å²) in [6.07, 6.45) is 4.29. The Labute approximate surface area is 147 Å². The summed E-state index contributed by atoms with van der Waals surface area (Å²) < 4.78 is 13.5. The number of hydrogen-bond donors (Lipinski definition) is 2. The van der Waals surface area contributed by atoms with Crippen molar-refractivity contribution < 1.29 is 14.3 Å². The van der Waals surface area contributed by atoms with Gasteiger partial charge in [0.25, 0.3) is 0 Å². The van der Waals surface area contributed by atoms with Gasteiger partial charge < -0.3 is 10.4 Å². The Kier molecular flexibility index (Phi) is 5.36. The van der Waals surface area contributed by atoms with Gasteiger partial charge >= 0.3 is 0 Å². The molecule has 2 aliphatic rings. The van der Waals surface area contributed by atoms with Crippen molar-refractivity contribution in [3.05, 3.63) is 35.6 Å². The Balaban J connectivity index is 1.68. The molecule has 1 amide bonds. The molecule has 1 aliphatic heterocycles. The third kappa shape index (κ3) is 4.17. The van der Waals surface area contributed by atoms with E-state index < -0.39 is 11.6 Å². The fourth-order valence-corrected chi connectivity index (χ4v) is 4.03. The number of benzene rings is 1. The van der Waals surface area contributed by atoms with Crippen LogP contribution in [0.15, 0.2) is 24.3 Å². The first kappa shape index (κ1) is 17.8.